The zero-order chi connectivity index (χ0) is 21.6. The van der Waals surface area contributed by atoms with Gasteiger partial charge < -0.3 is 10.1 Å². The van der Waals surface area contributed by atoms with Gasteiger partial charge in [-0.3, -0.25) is 9.20 Å². The Bertz CT molecular complexity index is 1150. The van der Waals surface area contributed by atoms with Gasteiger partial charge in [0.15, 0.2) is 0 Å². The van der Waals surface area contributed by atoms with Gasteiger partial charge in [-0.1, -0.05) is 49.9 Å². The van der Waals surface area contributed by atoms with Gasteiger partial charge in [0, 0.05) is 19.2 Å². The van der Waals surface area contributed by atoms with E-state index in [1.54, 1.807) is 16.7 Å². The summed E-state index contributed by atoms with van der Waals surface area (Å²) in [5.74, 6) is 1.66. The molecule has 0 saturated heterocycles. The van der Waals surface area contributed by atoms with Crippen LogP contribution in [0.4, 0.5) is 0 Å². The van der Waals surface area contributed by atoms with Crippen molar-refractivity contribution < 1.29 is 9.53 Å². The first-order valence-electron chi connectivity index (χ1n) is 11.2. The lowest BCUT2D eigenvalue weighted by molar-refractivity contribution is 0.0658. The molecule has 1 atom stereocenters. The molecule has 3 aromatic rings. The first-order valence-corrected chi connectivity index (χ1v) is 11.6. The Kier molecular flexibility index (Phi) is 5.17. The predicted octanol–water partition coefficient (Wildman–Crippen LogP) is 5.36. The number of imidazole rings is 1. The van der Waals surface area contributed by atoms with Crippen LogP contribution in [0.3, 0.4) is 0 Å². The molecule has 0 radical (unpaired) electrons. The van der Waals surface area contributed by atoms with Crippen molar-refractivity contribution in [2.45, 2.75) is 64.5 Å². The number of halogens is 1. The van der Waals surface area contributed by atoms with E-state index < -0.39 is 0 Å². The summed E-state index contributed by atoms with van der Waals surface area (Å²) in [6.45, 7) is 4.69. The molecular weight excluding hydrogens is 410 g/mol. The zero-order valence-electron chi connectivity index (χ0n) is 18.1. The van der Waals surface area contributed by atoms with Crippen molar-refractivity contribution in [1.82, 2.24) is 14.7 Å². The van der Waals surface area contributed by atoms with Crippen LogP contribution < -0.4 is 10.1 Å². The van der Waals surface area contributed by atoms with Gasteiger partial charge in [0.2, 0.25) is 0 Å². The normalized spacial score (nSPS) is 20.4. The highest BCUT2D eigenvalue weighted by Gasteiger charge is 2.38. The second-order valence-electron chi connectivity index (χ2n) is 9.19. The quantitative estimate of drug-likeness (QED) is 0.564. The summed E-state index contributed by atoms with van der Waals surface area (Å²) in [6, 6.07) is 9.89. The minimum Gasteiger partial charge on any atom is -0.487 e. The highest BCUT2D eigenvalue weighted by Crippen LogP contribution is 2.42. The summed E-state index contributed by atoms with van der Waals surface area (Å²) in [5.41, 5.74) is 4.28. The molecule has 2 aliphatic rings. The summed E-state index contributed by atoms with van der Waals surface area (Å²) in [4.78, 5) is 17.6. The minimum atomic E-state index is -0.141. The summed E-state index contributed by atoms with van der Waals surface area (Å²) in [7, 11) is 0. The molecule has 6 heteroatoms. The number of hydrogen-bond acceptors (Lipinski definition) is 3. The highest BCUT2D eigenvalue weighted by atomic mass is 35.5. The highest BCUT2D eigenvalue weighted by molar-refractivity contribution is 6.30. The Hall–Kier alpha value is -2.53. The van der Waals surface area contributed by atoms with Crippen LogP contribution in [0.1, 0.15) is 66.8 Å². The molecule has 1 fully saturated rings. The van der Waals surface area contributed by atoms with Crippen LogP contribution >= 0.6 is 11.6 Å². The van der Waals surface area contributed by atoms with E-state index in [1.165, 1.54) is 24.8 Å². The van der Waals surface area contributed by atoms with E-state index in [0.717, 1.165) is 41.4 Å². The van der Waals surface area contributed by atoms with Crippen LogP contribution in [0.2, 0.25) is 5.02 Å². The van der Waals surface area contributed by atoms with Crippen LogP contribution in [-0.2, 0) is 19.4 Å². The van der Waals surface area contributed by atoms with E-state index in [-0.39, 0.29) is 11.5 Å². The minimum absolute atomic E-state index is 0.0961. The fraction of sp³-hybridized carbons (Fsp3) is 0.440. The third-order valence-electron chi connectivity index (χ3n) is 6.65. The number of pyridine rings is 1. The summed E-state index contributed by atoms with van der Waals surface area (Å²) < 4.78 is 8.10. The van der Waals surface area contributed by atoms with E-state index in [1.807, 2.05) is 25.1 Å². The number of nitrogens with zero attached hydrogens (tertiary/aromatic N) is 2. The maximum atomic E-state index is 13.0. The lowest BCUT2D eigenvalue weighted by Crippen LogP contribution is -2.34. The second kappa shape index (κ2) is 7.86. The molecule has 5 nitrogen and oxygen atoms in total. The molecule has 1 saturated carbocycles. The lowest BCUT2D eigenvalue weighted by Gasteiger charge is -2.33. The number of carbonyl (C=O) groups is 1. The van der Waals surface area contributed by atoms with Crippen LogP contribution in [-0.4, -0.2) is 20.9 Å². The van der Waals surface area contributed by atoms with Crippen molar-refractivity contribution in [3.05, 3.63) is 64.1 Å². The first kappa shape index (κ1) is 20.4. The molecule has 1 aromatic carbocycles. The van der Waals surface area contributed by atoms with Crippen molar-refractivity contribution in [3.63, 3.8) is 0 Å². The third-order valence-corrected chi connectivity index (χ3v) is 6.87. The van der Waals surface area contributed by atoms with E-state index in [4.69, 9.17) is 16.3 Å². The number of aryl methyl sites for hydroxylation is 1. The van der Waals surface area contributed by atoms with E-state index in [9.17, 15) is 4.79 Å². The van der Waals surface area contributed by atoms with Gasteiger partial charge in [-0.25, -0.2) is 4.98 Å². The van der Waals surface area contributed by atoms with Gasteiger partial charge in [0.1, 0.15) is 22.7 Å². The lowest BCUT2D eigenvalue weighted by atomic mass is 9.77. The number of fused-ring (bicyclic) bond motifs is 2. The molecule has 162 valence electrons. The van der Waals surface area contributed by atoms with E-state index in [0.29, 0.717) is 23.7 Å². The van der Waals surface area contributed by atoms with Gasteiger partial charge in [-0.15, -0.1) is 0 Å². The summed E-state index contributed by atoms with van der Waals surface area (Å²) in [5, 5.41) is 3.64. The number of benzene rings is 1. The molecule has 1 amide bonds. The fourth-order valence-electron chi connectivity index (χ4n) is 4.93. The van der Waals surface area contributed by atoms with Gasteiger partial charge in [0.25, 0.3) is 5.91 Å². The molecule has 1 N–H and O–H groups in total. The molecule has 1 unspecified atom stereocenters. The number of rotatable bonds is 6. The number of nitrogens with one attached hydrogen (secondary N) is 1. The largest absolute Gasteiger partial charge is 0.487 e. The molecular formula is C25H28ClN3O2. The average Bonchev–Trinajstić information content (AvgIpc) is 3.25. The predicted molar refractivity (Wildman–Crippen MR) is 122 cm³/mol. The smallest absolute Gasteiger partial charge is 0.270 e. The maximum absolute atomic E-state index is 13.0. The van der Waals surface area contributed by atoms with Gasteiger partial charge in [0.05, 0.1) is 10.7 Å². The Morgan fingerprint density at radius 2 is 2.16 bits per heavy atom. The second-order valence-corrected chi connectivity index (χ2v) is 9.63. The van der Waals surface area contributed by atoms with Gasteiger partial charge in [-0.2, -0.15) is 0 Å². The number of aromatic nitrogens is 2. The van der Waals surface area contributed by atoms with Gasteiger partial charge in [-0.05, 0) is 55.0 Å². The number of carbonyl (C=O) groups excluding carboxylic acids is 1. The summed E-state index contributed by atoms with van der Waals surface area (Å²) in [6.07, 6.45) is 8.51. The van der Waals surface area contributed by atoms with Crippen LogP contribution in [0.5, 0.6) is 5.75 Å². The van der Waals surface area contributed by atoms with E-state index in [2.05, 4.69) is 23.3 Å². The van der Waals surface area contributed by atoms with Crippen molar-refractivity contribution >= 4 is 23.2 Å². The monoisotopic (exact) mass is 437 g/mol. The summed E-state index contributed by atoms with van der Waals surface area (Å²) >= 11 is 6.15. The van der Waals surface area contributed by atoms with Crippen molar-refractivity contribution in [2.75, 3.05) is 0 Å². The van der Waals surface area contributed by atoms with E-state index >= 15 is 0 Å². The molecule has 2 aromatic heterocycles. The molecule has 3 heterocycles. The molecule has 5 rings (SSSR count). The Morgan fingerprint density at radius 3 is 2.90 bits per heavy atom. The number of amides is 1. The SMILES string of the molecule is CCc1nc2ccc(Cl)cn2c1C(=O)NCc1ccc2c(c1)CC(C)(CC1CCC1)O2. The molecule has 0 bridgehead atoms. The number of ether oxygens (including phenoxy) is 1. The topological polar surface area (TPSA) is 55.6 Å². The molecule has 1 aliphatic carbocycles. The number of hydrogen-bond donors (Lipinski definition) is 1. The van der Waals surface area contributed by atoms with Crippen LogP contribution in [0, 0.1) is 5.92 Å². The Morgan fingerprint density at radius 1 is 1.32 bits per heavy atom. The Labute approximate surface area is 187 Å². The fourth-order valence-corrected chi connectivity index (χ4v) is 5.09. The third kappa shape index (κ3) is 3.91. The maximum Gasteiger partial charge on any atom is 0.270 e. The van der Waals surface area contributed by atoms with Crippen LogP contribution in [0.15, 0.2) is 36.5 Å². The Balaban J connectivity index is 1.30. The molecule has 0 spiro atoms. The van der Waals surface area contributed by atoms with Crippen molar-refractivity contribution in [3.8, 4) is 5.75 Å². The van der Waals surface area contributed by atoms with Gasteiger partial charge >= 0.3 is 0 Å². The standard InChI is InChI=1S/C25H28ClN3O2/c1-3-20-23(29-15-19(26)8-10-22(29)28-20)24(30)27-14-17-7-9-21-18(11-17)13-25(2,31-21)12-16-5-4-6-16/h7-11,15-16H,3-6,12-14H2,1-2H3,(H,27,30). The average molecular weight is 438 g/mol. The van der Waals surface area contributed by atoms with Crippen LogP contribution in [0.25, 0.3) is 5.65 Å². The zero-order valence-corrected chi connectivity index (χ0v) is 18.8. The molecule has 31 heavy (non-hydrogen) atoms. The van der Waals surface area contributed by atoms with Crippen molar-refractivity contribution in [1.29, 1.82) is 0 Å². The molecule has 1 aliphatic heterocycles. The van der Waals surface area contributed by atoms with Crippen molar-refractivity contribution in [2.24, 2.45) is 5.92 Å². The first-order chi connectivity index (χ1) is 14.9.